The second-order valence-electron chi connectivity index (χ2n) is 10.5. The van der Waals surface area contributed by atoms with E-state index < -0.39 is 52.4 Å². The van der Waals surface area contributed by atoms with Crippen molar-refractivity contribution in [3.8, 4) is 0 Å². The largest absolute Gasteiger partial charge is 0.502 e. The number of carbonyl (C=O) groups is 1. The van der Waals surface area contributed by atoms with E-state index in [1.807, 2.05) is 6.92 Å². The summed E-state index contributed by atoms with van der Waals surface area (Å²) in [6.07, 6.45) is 0.301. The Hall–Kier alpha value is -0.122. The summed E-state index contributed by atoms with van der Waals surface area (Å²) in [5.74, 6) is -0.541. The first-order chi connectivity index (χ1) is 13.4. The van der Waals surface area contributed by atoms with Crippen molar-refractivity contribution in [1.29, 1.82) is 0 Å². The average molecular weight is 497 g/mol. The fourth-order valence-electron chi connectivity index (χ4n) is 2.73. The first-order valence-electron chi connectivity index (χ1n) is 10.6. The first kappa shape index (κ1) is 29.9. The predicted octanol–water partition coefficient (Wildman–Crippen LogP) is 4.03. The number of allylic oxidation sites excluding steroid dienone is 1. The van der Waals surface area contributed by atoms with Crippen LogP contribution in [0.1, 0.15) is 26.7 Å². The van der Waals surface area contributed by atoms with E-state index in [2.05, 4.69) is 58.9 Å². The molecule has 0 fully saturated rings. The zero-order valence-corrected chi connectivity index (χ0v) is 24.8. The molecule has 0 rings (SSSR count). The maximum Gasteiger partial charge on any atom is 0.502 e. The van der Waals surface area contributed by atoms with Crippen LogP contribution in [0.5, 0.6) is 0 Å². The molecule has 0 heterocycles. The smallest absolute Gasteiger partial charge is 0.459 e. The number of ether oxygens (including phenoxy) is 1. The van der Waals surface area contributed by atoms with Crippen molar-refractivity contribution in [1.82, 2.24) is 0 Å². The van der Waals surface area contributed by atoms with Gasteiger partial charge in [0.1, 0.15) is 12.7 Å². The quantitative estimate of drug-likeness (QED) is 0.226. The summed E-state index contributed by atoms with van der Waals surface area (Å²) in [4.78, 5) is 12.8. The molecule has 11 heteroatoms. The van der Waals surface area contributed by atoms with Gasteiger partial charge in [-0.3, -0.25) is 0 Å². The van der Waals surface area contributed by atoms with Gasteiger partial charge in [0, 0.05) is 10.8 Å². The number of rotatable bonds is 13. The standard InChI is InChI=1S/C19H44O7Si4/c1-12-13-18(16(2)19(22)23-15-17(21)14-20)30(24-27(3,4)5,25-28(6,7)8)26-29(9,10)11/h17,20-21H,12-15H2,1-11H3. The summed E-state index contributed by atoms with van der Waals surface area (Å²) in [6, 6.07) is 0. The average Bonchev–Trinajstić information content (AvgIpc) is 2.51. The first-order valence-corrected chi connectivity index (χ1v) is 22.6. The topological polar surface area (TPSA) is 94.5 Å². The van der Waals surface area contributed by atoms with E-state index in [1.54, 1.807) is 6.92 Å². The van der Waals surface area contributed by atoms with Crippen molar-refractivity contribution in [2.45, 2.75) is 91.7 Å². The van der Waals surface area contributed by atoms with Gasteiger partial charge in [-0.05, 0) is 72.3 Å². The van der Waals surface area contributed by atoms with Gasteiger partial charge in [0.05, 0.1) is 6.61 Å². The molecule has 178 valence electrons. The number of carbonyl (C=O) groups excluding carboxylic acids is 1. The van der Waals surface area contributed by atoms with Gasteiger partial charge in [-0.15, -0.1) is 0 Å². The van der Waals surface area contributed by atoms with Crippen molar-refractivity contribution in [2.24, 2.45) is 0 Å². The maximum atomic E-state index is 12.8. The van der Waals surface area contributed by atoms with Crippen molar-refractivity contribution in [3.63, 3.8) is 0 Å². The highest BCUT2D eigenvalue weighted by molar-refractivity contribution is 6.93. The molecule has 0 spiro atoms. The van der Waals surface area contributed by atoms with E-state index in [-0.39, 0.29) is 6.61 Å². The molecule has 7 nitrogen and oxygen atoms in total. The highest BCUT2D eigenvalue weighted by atomic mass is 28.5. The van der Waals surface area contributed by atoms with Crippen LogP contribution >= 0.6 is 0 Å². The summed E-state index contributed by atoms with van der Waals surface area (Å²) >= 11 is 0. The summed E-state index contributed by atoms with van der Waals surface area (Å²) < 4.78 is 25.5. The molecule has 2 N–H and O–H groups in total. The Kier molecular flexibility index (Phi) is 11.6. The third-order valence-electron chi connectivity index (χ3n) is 3.57. The van der Waals surface area contributed by atoms with Crippen LogP contribution < -0.4 is 0 Å². The van der Waals surface area contributed by atoms with E-state index in [4.69, 9.17) is 22.2 Å². The van der Waals surface area contributed by atoms with Gasteiger partial charge in [0.15, 0.2) is 25.0 Å². The Morgan fingerprint density at radius 3 is 1.57 bits per heavy atom. The van der Waals surface area contributed by atoms with Crippen LogP contribution in [0.2, 0.25) is 58.9 Å². The summed E-state index contributed by atoms with van der Waals surface area (Å²) in [5, 5.41) is 19.3. The van der Waals surface area contributed by atoms with E-state index in [9.17, 15) is 9.90 Å². The molecule has 0 amide bonds. The number of hydrogen-bond acceptors (Lipinski definition) is 7. The van der Waals surface area contributed by atoms with Crippen molar-refractivity contribution in [3.05, 3.63) is 10.8 Å². The van der Waals surface area contributed by atoms with Crippen LogP contribution in [0, 0.1) is 0 Å². The fourth-order valence-corrected chi connectivity index (χ4v) is 16.6. The van der Waals surface area contributed by atoms with E-state index in [0.29, 0.717) is 12.0 Å². The molecule has 0 saturated heterocycles. The SMILES string of the molecule is CCCC(=C(C)C(=O)OCC(O)CO)[Si](O[Si](C)(C)C)(O[Si](C)(C)C)O[Si](C)(C)C. The van der Waals surface area contributed by atoms with Gasteiger partial charge in [-0.1, -0.05) is 13.3 Å². The zero-order valence-electron chi connectivity index (χ0n) is 20.8. The van der Waals surface area contributed by atoms with Crippen LogP contribution in [0.15, 0.2) is 10.8 Å². The Bertz CT molecular complexity index is 548. The lowest BCUT2D eigenvalue weighted by atomic mass is 10.2. The second kappa shape index (κ2) is 11.7. The molecule has 0 radical (unpaired) electrons. The van der Waals surface area contributed by atoms with Crippen LogP contribution in [0.25, 0.3) is 0 Å². The van der Waals surface area contributed by atoms with Gasteiger partial charge in [0.2, 0.25) is 0 Å². The molecule has 0 aromatic heterocycles. The molecule has 0 aliphatic rings. The molecular formula is C19H44O7Si4. The minimum Gasteiger partial charge on any atom is -0.459 e. The number of aliphatic hydroxyl groups excluding tert-OH is 2. The lowest BCUT2D eigenvalue weighted by Crippen LogP contribution is -2.62. The Balaban J connectivity index is 6.61. The molecule has 0 bridgehead atoms. The molecule has 30 heavy (non-hydrogen) atoms. The number of hydrogen-bond donors (Lipinski definition) is 2. The van der Waals surface area contributed by atoms with Gasteiger partial charge in [0.25, 0.3) is 0 Å². The van der Waals surface area contributed by atoms with Crippen LogP contribution in [-0.2, 0) is 21.9 Å². The summed E-state index contributed by atoms with van der Waals surface area (Å²) in [5.41, 5.74) is 0.420. The molecule has 1 atom stereocenters. The molecule has 0 aliphatic heterocycles. The maximum absolute atomic E-state index is 12.8. The molecule has 0 saturated carbocycles. The normalized spacial score (nSPS) is 15.6. The summed E-state index contributed by atoms with van der Waals surface area (Å²) in [7, 11) is -9.72. The third kappa shape index (κ3) is 11.5. The lowest BCUT2D eigenvalue weighted by molar-refractivity contribution is -0.142. The van der Waals surface area contributed by atoms with Gasteiger partial charge in [-0.2, -0.15) is 0 Å². The van der Waals surface area contributed by atoms with Crippen LogP contribution in [0.3, 0.4) is 0 Å². The Labute approximate surface area is 187 Å². The summed E-state index contributed by atoms with van der Waals surface area (Å²) in [6.45, 7) is 22.0. The van der Waals surface area contributed by atoms with Gasteiger partial charge < -0.3 is 27.3 Å². The number of aliphatic hydroxyl groups is 2. The fraction of sp³-hybridized carbons (Fsp3) is 0.842. The lowest BCUT2D eigenvalue weighted by Gasteiger charge is -2.44. The zero-order chi connectivity index (χ0) is 24.0. The molecular weight excluding hydrogens is 453 g/mol. The van der Waals surface area contributed by atoms with Crippen LogP contribution in [0.4, 0.5) is 0 Å². The van der Waals surface area contributed by atoms with Crippen molar-refractivity contribution in [2.75, 3.05) is 13.2 Å². The van der Waals surface area contributed by atoms with E-state index in [0.717, 1.165) is 11.6 Å². The molecule has 0 aliphatic carbocycles. The second-order valence-corrected chi connectivity index (χ2v) is 27.3. The minimum absolute atomic E-state index is 0.265. The van der Waals surface area contributed by atoms with Crippen molar-refractivity contribution < 1.29 is 32.1 Å². The monoisotopic (exact) mass is 496 g/mol. The number of esters is 1. The van der Waals surface area contributed by atoms with Gasteiger partial charge >= 0.3 is 14.8 Å². The third-order valence-corrected chi connectivity index (χ3v) is 15.5. The minimum atomic E-state index is -3.39. The van der Waals surface area contributed by atoms with Gasteiger partial charge in [-0.25, -0.2) is 4.79 Å². The Morgan fingerprint density at radius 2 is 1.27 bits per heavy atom. The van der Waals surface area contributed by atoms with E-state index >= 15 is 0 Å². The van der Waals surface area contributed by atoms with E-state index in [1.165, 1.54) is 0 Å². The molecule has 0 aromatic rings. The molecule has 1 unspecified atom stereocenters. The highest BCUT2D eigenvalue weighted by Gasteiger charge is 2.54. The Morgan fingerprint density at radius 1 is 0.867 bits per heavy atom. The van der Waals surface area contributed by atoms with Crippen LogP contribution in [-0.4, -0.2) is 69.3 Å². The highest BCUT2D eigenvalue weighted by Crippen LogP contribution is 2.35. The predicted molar refractivity (Wildman–Crippen MR) is 131 cm³/mol. The molecule has 0 aromatic carbocycles. The van der Waals surface area contributed by atoms with Crippen molar-refractivity contribution >= 4 is 39.7 Å².